The van der Waals surface area contributed by atoms with Gasteiger partial charge < -0.3 is 4.74 Å². The molecule has 0 saturated carbocycles. The predicted molar refractivity (Wildman–Crippen MR) is 96.5 cm³/mol. The highest BCUT2D eigenvalue weighted by molar-refractivity contribution is 7.19. The van der Waals surface area contributed by atoms with Crippen LogP contribution in [0.15, 0.2) is 47.6 Å². The number of thiophene rings is 1. The maximum absolute atomic E-state index is 12.8. The summed E-state index contributed by atoms with van der Waals surface area (Å²) in [5, 5.41) is 4.38. The fraction of sp³-hybridized carbons (Fsp3) is 0.222. The molecule has 0 aliphatic carbocycles. The molecule has 134 valence electrons. The van der Waals surface area contributed by atoms with Gasteiger partial charge >= 0.3 is 6.18 Å². The summed E-state index contributed by atoms with van der Waals surface area (Å²) in [6.07, 6.45) is -4.34. The fourth-order valence-electron chi connectivity index (χ4n) is 2.72. The number of azide groups is 1. The van der Waals surface area contributed by atoms with E-state index in [0.29, 0.717) is 5.75 Å². The first-order valence-electron chi connectivity index (χ1n) is 7.74. The Morgan fingerprint density at radius 1 is 1.15 bits per heavy atom. The summed E-state index contributed by atoms with van der Waals surface area (Å²) in [4.78, 5) is 3.68. The van der Waals surface area contributed by atoms with Crippen LogP contribution in [-0.2, 0) is 6.18 Å². The van der Waals surface area contributed by atoms with Gasteiger partial charge in [0, 0.05) is 25.4 Å². The van der Waals surface area contributed by atoms with Crippen LogP contribution < -0.4 is 4.74 Å². The van der Waals surface area contributed by atoms with Crippen LogP contribution in [0.1, 0.15) is 10.4 Å². The lowest BCUT2D eigenvalue weighted by molar-refractivity contribution is -0.137. The number of alkyl halides is 3. The van der Waals surface area contributed by atoms with Gasteiger partial charge in [0.05, 0.1) is 18.7 Å². The molecule has 0 bridgehead atoms. The van der Waals surface area contributed by atoms with E-state index in [2.05, 4.69) is 10.0 Å². The molecule has 0 spiro atoms. The Kier molecular flexibility index (Phi) is 5.06. The van der Waals surface area contributed by atoms with E-state index in [4.69, 9.17) is 10.3 Å². The molecule has 0 aliphatic heterocycles. The van der Waals surface area contributed by atoms with Crippen molar-refractivity contribution in [3.05, 3.63) is 63.3 Å². The van der Waals surface area contributed by atoms with Crippen molar-refractivity contribution < 1.29 is 17.9 Å². The van der Waals surface area contributed by atoms with Crippen LogP contribution in [0.5, 0.6) is 5.75 Å². The van der Waals surface area contributed by atoms with Crippen molar-refractivity contribution in [2.75, 3.05) is 13.2 Å². The number of aryl methyl sites for hydroxylation is 1. The Hall–Kier alpha value is -2.70. The minimum Gasteiger partial charge on any atom is -0.493 e. The SMILES string of the molecule is Cc1sc2cc(OCCN=[N+]=[N-])ccc2c1-c1ccc(C(F)(F)F)cc1. The summed E-state index contributed by atoms with van der Waals surface area (Å²) in [5.74, 6) is 0.658. The summed E-state index contributed by atoms with van der Waals surface area (Å²) in [6.45, 7) is 2.47. The normalized spacial score (nSPS) is 11.4. The van der Waals surface area contributed by atoms with Crippen LogP contribution in [0.25, 0.3) is 31.7 Å². The van der Waals surface area contributed by atoms with E-state index in [-0.39, 0.29) is 13.2 Å². The summed E-state index contributed by atoms with van der Waals surface area (Å²) in [6, 6.07) is 10.8. The standard InChI is InChI=1S/C18H14F3N3OS/c1-11-17(12-2-4-13(5-3-12)18(19,20)21)15-7-6-14(10-16(15)26-11)25-9-8-23-24-22/h2-7,10H,8-9H2,1H3. The Morgan fingerprint density at radius 3 is 2.54 bits per heavy atom. The third-order valence-electron chi connectivity index (χ3n) is 3.86. The van der Waals surface area contributed by atoms with E-state index in [1.165, 1.54) is 12.1 Å². The van der Waals surface area contributed by atoms with E-state index in [1.807, 2.05) is 19.1 Å². The molecule has 0 aliphatic rings. The number of hydrogen-bond donors (Lipinski definition) is 0. The predicted octanol–water partition coefficient (Wildman–Crippen LogP) is 6.58. The number of rotatable bonds is 5. The van der Waals surface area contributed by atoms with Crippen molar-refractivity contribution in [3.63, 3.8) is 0 Å². The highest BCUT2D eigenvalue weighted by Crippen LogP contribution is 2.40. The van der Waals surface area contributed by atoms with Crippen molar-refractivity contribution in [2.45, 2.75) is 13.1 Å². The monoisotopic (exact) mass is 377 g/mol. The van der Waals surface area contributed by atoms with Gasteiger partial charge in [-0.25, -0.2) is 0 Å². The lowest BCUT2D eigenvalue weighted by Gasteiger charge is -2.08. The van der Waals surface area contributed by atoms with Crippen molar-refractivity contribution in [1.82, 2.24) is 0 Å². The number of halogens is 3. The molecule has 3 rings (SSSR count). The molecule has 3 aromatic rings. The Morgan fingerprint density at radius 2 is 1.88 bits per heavy atom. The largest absolute Gasteiger partial charge is 0.493 e. The second kappa shape index (κ2) is 7.27. The van der Waals surface area contributed by atoms with Gasteiger partial charge in [-0.3, -0.25) is 0 Å². The van der Waals surface area contributed by atoms with Crippen LogP contribution in [0.2, 0.25) is 0 Å². The molecule has 0 atom stereocenters. The number of benzene rings is 2. The highest BCUT2D eigenvalue weighted by atomic mass is 32.1. The minimum atomic E-state index is -4.34. The van der Waals surface area contributed by atoms with E-state index in [9.17, 15) is 13.2 Å². The molecule has 0 amide bonds. The summed E-state index contributed by atoms with van der Waals surface area (Å²) in [7, 11) is 0. The van der Waals surface area contributed by atoms with E-state index in [1.54, 1.807) is 17.4 Å². The number of hydrogen-bond acceptors (Lipinski definition) is 3. The zero-order valence-electron chi connectivity index (χ0n) is 13.7. The molecule has 1 heterocycles. The van der Waals surface area contributed by atoms with E-state index >= 15 is 0 Å². The fourth-order valence-corrected chi connectivity index (χ4v) is 3.84. The van der Waals surface area contributed by atoms with E-state index < -0.39 is 11.7 Å². The van der Waals surface area contributed by atoms with Gasteiger partial charge in [0.15, 0.2) is 0 Å². The Bertz CT molecular complexity index is 974. The van der Waals surface area contributed by atoms with Crippen molar-refractivity contribution in [1.29, 1.82) is 0 Å². The van der Waals surface area contributed by atoms with Crippen LogP contribution in [0.3, 0.4) is 0 Å². The molecule has 0 radical (unpaired) electrons. The first-order chi connectivity index (χ1) is 12.4. The maximum atomic E-state index is 12.8. The van der Waals surface area contributed by atoms with Gasteiger partial charge in [0.2, 0.25) is 0 Å². The summed E-state index contributed by atoms with van der Waals surface area (Å²) in [5.41, 5.74) is 9.27. The molecular formula is C18H14F3N3OS. The first kappa shape index (κ1) is 18.1. The lowest BCUT2D eigenvalue weighted by atomic mass is 10.0. The third kappa shape index (κ3) is 3.76. The van der Waals surface area contributed by atoms with Gasteiger partial charge in [-0.2, -0.15) is 13.2 Å². The average molecular weight is 377 g/mol. The van der Waals surface area contributed by atoms with Crippen molar-refractivity contribution in [3.8, 4) is 16.9 Å². The maximum Gasteiger partial charge on any atom is 0.416 e. The number of fused-ring (bicyclic) bond motifs is 1. The smallest absolute Gasteiger partial charge is 0.416 e. The van der Waals surface area contributed by atoms with Gasteiger partial charge in [-0.15, -0.1) is 11.3 Å². The second-order valence-corrected chi connectivity index (χ2v) is 6.83. The molecule has 0 fully saturated rings. The zero-order valence-corrected chi connectivity index (χ0v) is 14.6. The van der Waals surface area contributed by atoms with Crippen LogP contribution >= 0.6 is 11.3 Å². The molecule has 2 aromatic carbocycles. The second-order valence-electron chi connectivity index (χ2n) is 5.57. The number of nitrogens with zero attached hydrogens (tertiary/aromatic N) is 3. The summed E-state index contributed by atoms with van der Waals surface area (Å²) < 4.78 is 44.8. The van der Waals surface area contributed by atoms with Crippen LogP contribution in [0.4, 0.5) is 13.2 Å². The molecule has 26 heavy (non-hydrogen) atoms. The Labute approximate surface area is 151 Å². The van der Waals surface area contributed by atoms with Crippen molar-refractivity contribution >= 4 is 21.4 Å². The van der Waals surface area contributed by atoms with Crippen molar-refractivity contribution in [2.24, 2.45) is 5.11 Å². The van der Waals surface area contributed by atoms with Crippen LogP contribution in [-0.4, -0.2) is 13.2 Å². The molecule has 4 nitrogen and oxygen atoms in total. The first-order valence-corrected chi connectivity index (χ1v) is 8.56. The molecule has 0 unspecified atom stereocenters. The average Bonchev–Trinajstić information content (AvgIpc) is 2.93. The lowest BCUT2D eigenvalue weighted by Crippen LogP contribution is -2.03. The molecular weight excluding hydrogens is 363 g/mol. The van der Waals surface area contributed by atoms with Crippen LogP contribution in [0, 0.1) is 6.92 Å². The minimum absolute atomic E-state index is 0.245. The van der Waals surface area contributed by atoms with E-state index in [0.717, 1.165) is 38.2 Å². The topological polar surface area (TPSA) is 58.0 Å². The highest BCUT2D eigenvalue weighted by Gasteiger charge is 2.30. The van der Waals surface area contributed by atoms with Gasteiger partial charge in [-0.05, 0) is 48.4 Å². The molecule has 0 saturated heterocycles. The molecule has 0 N–H and O–H groups in total. The molecule has 8 heteroatoms. The third-order valence-corrected chi connectivity index (χ3v) is 4.93. The van der Waals surface area contributed by atoms with Gasteiger partial charge in [0.25, 0.3) is 0 Å². The summed E-state index contributed by atoms with van der Waals surface area (Å²) >= 11 is 1.56. The quantitative estimate of drug-likeness (QED) is 0.214. The zero-order chi connectivity index (χ0) is 18.7. The number of ether oxygens (including phenoxy) is 1. The molecule has 1 aromatic heterocycles. The van der Waals surface area contributed by atoms with Gasteiger partial charge in [0.1, 0.15) is 5.75 Å². The van der Waals surface area contributed by atoms with Gasteiger partial charge in [-0.1, -0.05) is 17.2 Å². The Balaban J connectivity index is 1.92.